The summed E-state index contributed by atoms with van der Waals surface area (Å²) in [4.78, 5) is 15.8. The van der Waals surface area contributed by atoms with Gasteiger partial charge in [0.1, 0.15) is 11.4 Å². The first kappa shape index (κ1) is 12.3. The number of amides is 1. The zero-order valence-electron chi connectivity index (χ0n) is 10.7. The summed E-state index contributed by atoms with van der Waals surface area (Å²) in [6.45, 7) is 0. The normalized spacial score (nSPS) is 15.1. The highest BCUT2D eigenvalue weighted by Crippen LogP contribution is 2.29. The molecular formula is C15H13N3O2. The van der Waals surface area contributed by atoms with Crippen LogP contribution in [0, 0.1) is 0 Å². The molecule has 5 nitrogen and oxygen atoms in total. The van der Waals surface area contributed by atoms with E-state index in [0.717, 1.165) is 23.3 Å². The number of rotatable bonds is 2. The summed E-state index contributed by atoms with van der Waals surface area (Å²) in [5, 5.41) is 13.9. The van der Waals surface area contributed by atoms with E-state index in [1.54, 1.807) is 36.5 Å². The number of carbonyl (C=O) groups excluding carboxylic acids is 1. The first-order chi connectivity index (χ1) is 9.75. The number of nitrogens with one attached hydrogen (secondary N) is 1. The van der Waals surface area contributed by atoms with Gasteiger partial charge in [-0.15, -0.1) is 0 Å². The molecule has 0 saturated heterocycles. The molecule has 0 saturated carbocycles. The van der Waals surface area contributed by atoms with Gasteiger partial charge in [0.2, 0.25) is 0 Å². The molecular weight excluding hydrogens is 254 g/mol. The van der Waals surface area contributed by atoms with Gasteiger partial charge in [-0.1, -0.05) is 18.2 Å². The van der Waals surface area contributed by atoms with Gasteiger partial charge >= 0.3 is 0 Å². The Bertz CT molecular complexity index is 681. The predicted molar refractivity (Wildman–Crippen MR) is 74.7 cm³/mol. The van der Waals surface area contributed by atoms with Gasteiger partial charge in [0.25, 0.3) is 5.91 Å². The van der Waals surface area contributed by atoms with Crippen LogP contribution in [0.3, 0.4) is 0 Å². The maximum Gasteiger partial charge on any atom is 0.289 e. The molecule has 100 valence electrons. The Hall–Kier alpha value is -2.69. The monoisotopic (exact) mass is 267 g/mol. The van der Waals surface area contributed by atoms with E-state index in [2.05, 4.69) is 15.5 Å². The molecule has 0 spiro atoms. The van der Waals surface area contributed by atoms with E-state index in [1.807, 2.05) is 6.07 Å². The van der Waals surface area contributed by atoms with Crippen molar-refractivity contribution in [2.24, 2.45) is 5.10 Å². The van der Waals surface area contributed by atoms with Gasteiger partial charge in [0.15, 0.2) is 0 Å². The van der Waals surface area contributed by atoms with E-state index in [0.29, 0.717) is 12.1 Å². The molecule has 2 aromatic rings. The van der Waals surface area contributed by atoms with Crippen LogP contribution in [0.25, 0.3) is 0 Å². The lowest BCUT2D eigenvalue weighted by Crippen LogP contribution is -2.20. The SMILES string of the molecule is O=C(NN=C1CCc2c(O)cccc21)c1ccccn1. The minimum absolute atomic E-state index is 0.281. The van der Waals surface area contributed by atoms with Gasteiger partial charge in [-0.2, -0.15) is 5.10 Å². The summed E-state index contributed by atoms with van der Waals surface area (Å²) in [5.74, 6) is -0.0598. The standard InChI is InChI=1S/C15H13N3O2/c19-14-6-3-4-10-11(14)7-8-12(10)17-18-15(20)13-5-1-2-9-16-13/h1-6,9,19H,7-8H2,(H,18,20). The Morgan fingerprint density at radius 1 is 1.20 bits per heavy atom. The van der Waals surface area contributed by atoms with Crippen LogP contribution in [-0.4, -0.2) is 21.7 Å². The van der Waals surface area contributed by atoms with Crippen LogP contribution >= 0.6 is 0 Å². The Morgan fingerprint density at radius 3 is 2.90 bits per heavy atom. The van der Waals surface area contributed by atoms with Crippen molar-refractivity contribution >= 4 is 11.6 Å². The van der Waals surface area contributed by atoms with Crippen molar-refractivity contribution in [3.8, 4) is 5.75 Å². The number of hydrogen-bond acceptors (Lipinski definition) is 4. The molecule has 1 aliphatic rings. The summed E-state index contributed by atoms with van der Waals surface area (Å²) in [6.07, 6.45) is 3.00. The quantitative estimate of drug-likeness (QED) is 0.816. The molecule has 0 atom stereocenters. The van der Waals surface area contributed by atoms with Gasteiger partial charge in [-0.05, 0) is 31.0 Å². The highest BCUT2D eigenvalue weighted by Gasteiger charge is 2.20. The zero-order valence-corrected chi connectivity index (χ0v) is 10.7. The fraction of sp³-hybridized carbons (Fsp3) is 0.133. The molecule has 5 heteroatoms. The first-order valence-corrected chi connectivity index (χ1v) is 6.35. The van der Waals surface area contributed by atoms with E-state index >= 15 is 0 Å². The number of hydrazone groups is 1. The summed E-state index contributed by atoms with van der Waals surface area (Å²) in [7, 11) is 0. The molecule has 0 radical (unpaired) electrons. The Balaban J connectivity index is 1.80. The highest BCUT2D eigenvalue weighted by molar-refractivity contribution is 6.06. The average Bonchev–Trinajstić information content (AvgIpc) is 2.90. The van der Waals surface area contributed by atoms with Crippen molar-refractivity contribution in [3.63, 3.8) is 0 Å². The second-order valence-corrected chi connectivity index (χ2v) is 4.52. The maximum atomic E-state index is 11.9. The molecule has 20 heavy (non-hydrogen) atoms. The number of benzene rings is 1. The third kappa shape index (κ3) is 2.25. The van der Waals surface area contributed by atoms with Crippen molar-refractivity contribution < 1.29 is 9.90 Å². The Morgan fingerprint density at radius 2 is 2.10 bits per heavy atom. The number of aromatic hydroxyl groups is 1. The van der Waals surface area contributed by atoms with Gasteiger partial charge in [0.05, 0.1) is 5.71 Å². The van der Waals surface area contributed by atoms with Crippen LogP contribution in [0.15, 0.2) is 47.7 Å². The molecule has 1 amide bonds. The third-order valence-electron chi connectivity index (χ3n) is 3.26. The summed E-state index contributed by atoms with van der Waals surface area (Å²) in [6, 6.07) is 10.5. The zero-order chi connectivity index (χ0) is 13.9. The minimum Gasteiger partial charge on any atom is -0.508 e. The number of carbonyl (C=O) groups is 1. The molecule has 0 unspecified atom stereocenters. The third-order valence-corrected chi connectivity index (χ3v) is 3.26. The molecule has 1 aromatic carbocycles. The largest absolute Gasteiger partial charge is 0.508 e. The van der Waals surface area contributed by atoms with Crippen molar-refractivity contribution in [1.82, 2.24) is 10.4 Å². The molecule has 1 heterocycles. The number of nitrogens with zero attached hydrogens (tertiary/aromatic N) is 2. The Kier molecular flexibility index (Phi) is 3.16. The first-order valence-electron chi connectivity index (χ1n) is 6.35. The smallest absolute Gasteiger partial charge is 0.289 e. The van der Waals surface area contributed by atoms with E-state index in [9.17, 15) is 9.90 Å². The van der Waals surface area contributed by atoms with Crippen molar-refractivity contribution in [3.05, 3.63) is 59.4 Å². The van der Waals surface area contributed by atoms with E-state index in [-0.39, 0.29) is 11.7 Å². The highest BCUT2D eigenvalue weighted by atomic mass is 16.3. The Labute approximate surface area is 116 Å². The molecule has 1 aromatic heterocycles. The molecule has 3 rings (SSSR count). The second kappa shape index (κ2) is 5.13. The van der Waals surface area contributed by atoms with Crippen LogP contribution in [0.4, 0.5) is 0 Å². The summed E-state index contributed by atoms with van der Waals surface area (Å²) >= 11 is 0. The maximum absolute atomic E-state index is 11.9. The number of pyridine rings is 1. The van der Waals surface area contributed by atoms with Crippen LogP contribution in [0.5, 0.6) is 5.75 Å². The van der Waals surface area contributed by atoms with Crippen molar-refractivity contribution in [2.75, 3.05) is 0 Å². The summed E-state index contributed by atoms with van der Waals surface area (Å²) < 4.78 is 0. The topological polar surface area (TPSA) is 74.6 Å². The predicted octanol–water partition coefficient (Wildman–Crippen LogP) is 1.87. The van der Waals surface area contributed by atoms with Crippen molar-refractivity contribution in [1.29, 1.82) is 0 Å². The van der Waals surface area contributed by atoms with E-state index < -0.39 is 0 Å². The number of fused-ring (bicyclic) bond motifs is 1. The van der Waals surface area contributed by atoms with Crippen LogP contribution < -0.4 is 5.43 Å². The lowest BCUT2D eigenvalue weighted by Gasteiger charge is -2.03. The van der Waals surface area contributed by atoms with E-state index in [1.165, 1.54) is 0 Å². The molecule has 2 N–H and O–H groups in total. The summed E-state index contributed by atoms with van der Waals surface area (Å²) in [5.41, 5.74) is 5.39. The number of phenols is 1. The number of hydrogen-bond donors (Lipinski definition) is 2. The fourth-order valence-electron chi connectivity index (χ4n) is 2.27. The second-order valence-electron chi connectivity index (χ2n) is 4.52. The van der Waals surface area contributed by atoms with Gasteiger partial charge in [0, 0.05) is 17.3 Å². The number of aromatic nitrogens is 1. The van der Waals surface area contributed by atoms with Crippen LogP contribution in [-0.2, 0) is 6.42 Å². The number of phenolic OH excluding ortho intramolecular Hbond substituents is 1. The van der Waals surface area contributed by atoms with Gasteiger partial charge in [-0.3, -0.25) is 9.78 Å². The van der Waals surface area contributed by atoms with Gasteiger partial charge < -0.3 is 5.11 Å². The lowest BCUT2D eigenvalue weighted by molar-refractivity contribution is 0.0950. The molecule has 0 aliphatic heterocycles. The molecule has 0 bridgehead atoms. The van der Waals surface area contributed by atoms with Crippen LogP contribution in [0.2, 0.25) is 0 Å². The molecule has 0 fully saturated rings. The lowest BCUT2D eigenvalue weighted by atomic mass is 10.1. The van der Waals surface area contributed by atoms with Crippen molar-refractivity contribution in [2.45, 2.75) is 12.8 Å². The fourth-order valence-corrected chi connectivity index (χ4v) is 2.27. The molecule has 1 aliphatic carbocycles. The average molecular weight is 267 g/mol. The minimum atomic E-state index is -0.341. The van der Waals surface area contributed by atoms with Gasteiger partial charge in [-0.25, -0.2) is 5.43 Å². The van der Waals surface area contributed by atoms with Crippen LogP contribution in [0.1, 0.15) is 28.0 Å². The van der Waals surface area contributed by atoms with E-state index in [4.69, 9.17) is 0 Å².